The number of aryl methyl sites for hydroxylation is 2. The fourth-order valence-electron chi connectivity index (χ4n) is 3.82. The molecule has 2 aliphatic heterocycles. The minimum Gasteiger partial charge on any atom is -0.352 e. The van der Waals surface area contributed by atoms with Crippen LogP contribution in [-0.2, 0) is 24.3 Å². The molecule has 1 unspecified atom stereocenters. The maximum Gasteiger partial charge on any atom is 0.225 e. The number of hydrogen-bond donors (Lipinski definition) is 2. The Labute approximate surface area is 183 Å². The number of nitrogens with one attached hydrogen (secondary N) is 2. The number of fused-ring (bicyclic) bond motifs is 1. The second-order valence-electron chi connectivity index (χ2n) is 7.28. The molecule has 1 amide bonds. The van der Waals surface area contributed by atoms with Gasteiger partial charge in [-0.25, -0.2) is 9.97 Å². The molecule has 4 rings (SSSR count). The predicted molar refractivity (Wildman–Crippen MR) is 117 cm³/mol. The Morgan fingerprint density at radius 1 is 1.21 bits per heavy atom. The number of halogens is 2. The first-order valence-electron chi connectivity index (χ1n) is 9.85. The van der Waals surface area contributed by atoms with Crippen LogP contribution in [0.5, 0.6) is 0 Å². The third kappa shape index (κ3) is 6.29. The Bertz CT molecular complexity index is 748. The van der Waals surface area contributed by atoms with Crippen LogP contribution in [0.2, 0.25) is 0 Å². The minimum absolute atomic E-state index is 0. The summed E-state index contributed by atoms with van der Waals surface area (Å²) in [6.07, 6.45) is 7.80. The van der Waals surface area contributed by atoms with Gasteiger partial charge in [-0.2, -0.15) is 5.10 Å². The van der Waals surface area contributed by atoms with Crippen LogP contribution in [0.4, 0.5) is 5.95 Å². The molecule has 10 heteroatoms. The number of amides is 1. The molecule has 1 atom stereocenters. The summed E-state index contributed by atoms with van der Waals surface area (Å²) in [6, 6.07) is 4.09. The molecule has 1 fully saturated rings. The third-order valence-corrected chi connectivity index (χ3v) is 5.17. The van der Waals surface area contributed by atoms with E-state index in [1.807, 2.05) is 6.07 Å². The van der Waals surface area contributed by atoms with Crippen molar-refractivity contribution in [1.82, 2.24) is 30.4 Å². The summed E-state index contributed by atoms with van der Waals surface area (Å²) in [6.45, 7) is 4.55. The molecule has 0 spiro atoms. The quantitative estimate of drug-likeness (QED) is 0.734. The van der Waals surface area contributed by atoms with Crippen LogP contribution in [0.1, 0.15) is 37.1 Å². The molecule has 4 heterocycles. The lowest BCUT2D eigenvalue weighted by Crippen LogP contribution is -2.48. The Balaban J connectivity index is 0.00000150. The summed E-state index contributed by atoms with van der Waals surface area (Å²) in [4.78, 5) is 23.2. The summed E-state index contributed by atoms with van der Waals surface area (Å²) >= 11 is 0. The number of carbonyl (C=O) groups excluding carboxylic acids is 1. The number of anilines is 1. The fourth-order valence-corrected chi connectivity index (χ4v) is 3.82. The van der Waals surface area contributed by atoms with E-state index in [1.54, 1.807) is 12.4 Å². The molecule has 0 radical (unpaired) electrons. The Kier molecular flexibility index (Phi) is 9.13. The normalized spacial score (nSPS) is 18.6. The van der Waals surface area contributed by atoms with E-state index in [-0.39, 0.29) is 36.8 Å². The molecule has 1 saturated heterocycles. The third-order valence-electron chi connectivity index (χ3n) is 5.17. The number of aromatic nitrogens is 4. The van der Waals surface area contributed by atoms with Gasteiger partial charge in [0.2, 0.25) is 11.9 Å². The molecule has 2 aromatic rings. The van der Waals surface area contributed by atoms with Gasteiger partial charge in [0.1, 0.15) is 0 Å². The maximum absolute atomic E-state index is 12.4. The smallest absolute Gasteiger partial charge is 0.225 e. The first kappa shape index (κ1) is 23.4. The van der Waals surface area contributed by atoms with Gasteiger partial charge >= 0.3 is 0 Å². The van der Waals surface area contributed by atoms with Gasteiger partial charge in [0.15, 0.2) is 0 Å². The van der Waals surface area contributed by atoms with Crippen LogP contribution in [0.15, 0.2) is 24.5 Å². The van der Waals surface area contributed by atoms with Crippen molar-refractivity contribution in [2.24, 2.45) is 0 Å². The van der Waals surface area contributed by atoms with E-state index in [9.17, 15) is 4.79 Å². The molecule has 160 valence electrons. The van der Waals surface area contributed by atoms with Crippen molar-refractivity contribution in [3.63, 3.8) is 0 Å². The van der Waals surface area contributed by atoms with Crippen LogP contribution >= 0.6 is 24.8 Å². The van der Waals surface area contributed by atoms with Crippen LogP contribution < -0.4 is 15.5 Å². The van der Waals surface area contributed by atoms with Crippen molar-refractivity contribution in [3.05, 3.63) is 35.9 Å². The molecular weight excluding hydrogens is 413 g/mol. The molecule has 0 aliphatic carbocycles. The van der Waals surface area contributed by atoms with E-state index < -0.39 is 0 Å². The van der Waals surface area contributed by atoms with Crippen molar-refractivity contribution in [2.45, 2.75) is 51.2 Å². The number of rotatable bonds is 5. The Hall–Kier alpha value is -1.90. The van der Waals surface area contributed by atoms with Gasteiger partial charge in [0.25, 0.3) is 0 Å². The lowest BCUT2D eigenvalue weighted by Gasteiger charge is -2.33. The second kappa shape index (κ2) is 11.3. The summed E-state index contributed by atoms with van der Waals surface area (Å²) in [7, 11) is 0. The molecule has 2 aliphatic rings. The van der Waals surface area contributed by atoms with Crippen LogP contribution in [0.3, 0.4) is 0 Å². The van der Waals surface area contributed by atoms with Crippen molar-refractivity contribution < 1.29 is 4.79 Å². The fraction of sp³-hybridized carbons (Fsp3) is 0.579. The zero-order valence-corrected chi connectivity index (χ0v) is 18.1. The van der Waals surface area contributed by atoms with E-state index in [0.717, 1.165) is 63.6 Å². The molecule has 0 aromatic carbocycles. The van der Waals surface area contributed by atoms with Crippen molar-refractivity contribution in [1.29, 1.82) is 0 Å². The highest BCUT2D eigenvalue weighted by Gasteiger charge is 2.23. The van der Waals surface area contributed by atoms with E-state index >= 15 is 0 Å². The summed E-state index contributed by atoms with van der Waals surface area (Å²) in [5.74, 6) is 0.835. The highest BCUT2D eigenvalue weighted by molar-refractivity contribution is 5.85. The van der Waals surface area contributed by atoms with Crippen molar-refractivity contribution in [3.8, 4) is 0 Å². The average Bonchev–Trinajstić information content (AvgIpc) is 2.96. The number of piperidine rings is 1. The lowest BCUT2D eigenvalue weighted by molar-refractivity contribution is -0.121. The van der Waals surface area contributed by atoms with Gasteiger partial charge in [-0.3, -0.25) is 9.48 Å². The number of nitrogens with zero attached hydrogens (tertiary/aromatic N) is 5. The van der Waals surface area contributed by atoms with Gasteiger partial charge in [0.05, 0.1) is 11.4 Å². The molecule has 2 aromatic heterocycles. The van der Waals surface area contributed by atoms with Crippen molar-refractivity contribution in [2.75, 3.05) is 24.5 Å². The summed E-state index contributed by atoms with van der Waals surface area (Å²) in [5, 5.41) is 11.2. The van der Waals surface area contributed by atoms with E-state index in [4.69, 9.17) is 0 Å². The van der Waals surface area contributed by atoms with Gasteiger partial charge in [-0.15, -0.1) is 24.8 Å². The molecule has 0 saturated carbocycles. The largest absolute Gasteiger partial charge is 0.352 e. The zero-order valence-electron chi connectivity index (χ0n) is 16.4. The Morgan fingerprint density at radius 3 is 2.86 bits per heavy atom. The summed E-state index contributed by atoms with van der Waals surface area (Å²) in [5.41, 5.74) is 2.22. The Morgan fingerprint density at radius 2 is 2.03 bits per heavy atom. The highest BCUT2D eigenvalue weighted by Crippen LogP contribution is 2.16. The molecule has 29 heavy (non-hydrogen) atoms. The highest BCUT2D eigenvalue weighted by atomic mass is 35.5. The monoisotopic (exact) mass is 441 g/mol. The van der Waals surface area contributed by atoms with Gasteiger partial charge < -0.3 is 15.5 Å². The predicted octanol–water partition coefficient (Wildman–Crippen LogP) is 1.73. The van der Waals surface area contributed by atoms with E-state index in [0.29, 0.717) is 12.8 Å². The molecule has 2 N–H and O–H groups in total. The van der Waals surface area contributed by atoms with Crippen molar-refractivity contribution >= 4 is 36.7 Å². The van der Waals surface area contributed by atoms with E-state index in [1.165, 1.54) is 5.69 Å². The number of hydrogen-bond acceptors (Lipinski definition) is 6. The van der Waals surface area contributed by atoms with Gasteiger partial charge in [-0.1, -0.05) is 0 Å². The topological polar surface area (TPSA) is 88.0 Å². The van der Waals surface area contributed by atoms with Crippen LogP contribution in [0.25, 0.3) is 0 Å². The first-order chi connectivity index (χ1) is 13.3. The zero-order chi connectivity index (χ0) is 18.5. The van der Waals surface area contributed by atoms with E-state index in [2.05, 4.69) is 41.3 Å². The molecule has 8 nitrogen and oxygen atoms in total. The second-order valence-corrected chi connectivity index (χ2v) is 7.28. The minimum atomic E-state index is 0. The standard InChI is InChI=1S/C19H27N7O.2ClH/c27-18(6-5-15-12-17-13-20-7-3-11-26(17)24-15)23-16-4-1-10-25(14-16)19-21-8-2-9-22-19;;/h2,8-9,12,16,20H,1,3-7,10-11,13-14H2,(H,23,27);2*1H. The lowest BCUT2D eigenvalue weighted by atomic mass is 10.1. The first-order valence-corrected chi connectivity index (χ1v) is 9.85. The van der Waals surface area contributed by atoms with Crippen LogP contribution in [-0.4, -0.2) is 51.3 Å². The average molecular weight is 442 g/mol. The molecular formula is C19H29Cl2N7O. The van der Waals surface area contributed by atoms with Gasteiger partial charge in [-0.05, 0) is 37.9 Å². The summed E-state index contributed by atoms with van der Waals surface area (Å²) < 4.78 is 2.08. The van der Waals surface area contributed by atoms with Crippen LogP contribution in [0, 0.1) is 0 Å². The van der Waals surface area contributed by atoms with Gasteiger partial charge in [0, 0.05) is 57.5 Å². The SMILES string of the molecule is Cl.Cl.O=C(CCc1cc2n(n1)CCCNC2)NC1CCCN(c2ncccn2)C1. The maximum atomic E-state index is 12.4. The number of carbonyl (C=O) groups is 1. The molecule has 0 bridgehead atoms.